The van der Waals surface area contributed by atoms with E-state index in [0.29, 0.717) is 18.3 Å². The fourth-order valence-corrected chi connectivity index (χ4v) is 1.74. The Bertz CT molecular complexity index is 506. The largest absolute Gasteiger partial charge is 0.489 e. The molecule has 0 aliphatic rings. The fraction of sp³-hybridized carbons (Fsp3) is 0.250. The molecule has 0 aliphatic heterocycles. The number of rotatable bonds is 4. The SMILES string of the molecule is CC(C)c1cc(F)cc(OCc2ccccc2)c1. The Kier molecular flexibility index (Phi) is 3.98. The summed E-state index contributed by atoms with van der Waals surface area (Å²) in [6.45, 7) is 4.54. The van der Waals surface area contributed by atoms with Gasteiger partial charge in [0.25, 0.3) is 0 Å². The summed E-state index contributed by atoms with van der Waals surface area (Å²) < 4.78 is 19.1. The number of halogens is 1. The van der Waals surface area contributed by atoms with E-state index in [-0.39, 0.29) is 5.82 Å². The summed E-state index contributed by atoms with van der Waals surface area (Å²) in [6.07, 6.45) is 0. The summed E-state index contributed by atoms with van der Waals surface area (Å²) in [6, 6.07) is 14.7. The van der Waals surface area contributed by atoms with Crippen LogP contribution in [-0.4, -0.2) is 0 Å². The molecule has 0 heterocycles. The number of benzene rings is 2. The van der Waals surface area contributed by atoms with Gasteiger partial charge in [0, 0.05) is 6.07 Å². The molecule has 0 radical (unpaired) electrons. The molecule has 0 spiro atoms. The third-order valence-corrected chi connectivity index (χ3v) is 2.81. The minimum Gasteiger partial charge on any atom is -0.489 e. The molecular weight excluding hydrogens is 227 g/mol. The normalized spacial score (nSPS) is 10.7. The number of hydrogen-bond donors (Lipinski definition) is 0. The van der Waals surface area contributed by atoms with Crippen LogP contribution >= 0.6 is 0 Å². The third kappa shape index (κ3) is 3.33. The van der Waals surface area contributed by atoms with Crippen molar-refractivity contribution in [1.82, 2.24) is 0 Å². The molecule has 0 N–H and O–H groups in total. The molecule has 0 saturated heterocycles. The van der Waals surface area contributed by atoms with Crippen molar-refractivity contribution in [3.63, 3.8) is 0 Å². The van der Waals surface area contributed by atoms with Crippen LogP contribution in [0.5, 0.6) is 5.75 Å². The molecule has 2 aromatic carbocycles. The van der Waals surface area contributed by atoms with Crippen molar-refractivity contribution < 1.29 is 9.13 Å². The Balaban J connectivity index is 2.10. The standard InChI is InChI=1S/C16H17FO/c1-12(2)14-8-15(17)10-16(9-14)18-11-13-6-4-3-5-7-13/h3-10,12H,11H2,1-2H3. The quantitative estimate of drug-likeness (QED) is 0.767. The number of ether oxygens (including phenoxy) is 1. The first-order valence-electron chi connectivity index (χ1n) is 6.12. The lowest BCUT2D eigenvalue weighted by Crippen LogP contribution is -1.97. The first-order valence-corrected chi connectivity index (χ1v) is 6.12. The van der Waals surface area contributed by atoms with Crippen molar-refractivity contribution in [3.8, 4) is 5.75 Å². The average Bonchev–Trinajstić information content (AvgIpc) is 2.37. The van der Waals surface area contributed by atoms with Crippen LogP contribution in [0.1, 0.15) is 30.9 Å². The molecule has 2 aromatic rings. The summed E-state index contributed by atoms with van der Waals surface area (Å²) >= 11 is 0. The maximum atomic E-state index is 13.4. The predicted octanol–water partition coefficient (Wildman–Crippen LogP) is 4.53. The molecule has 2 rings (SSSR count). The Morgan fingerprint density at radius 1 is 1.06 bits per heavy atom. The van der Waals surface area contributed by atoms with Crippen molar-refractivity contribution in [3.05, 3.63) is 65.5 Å². The Labute approximate surface area is 107 Å². The van der Waals surface area contributed by atoms with Crippen LogP contribution in [0.3, 0.4) is 0 Å². The van der Waals surface area contributed by atoms with Gasteiger partial charge in [-0.3, -0.25) is 0 Å². The molecule has 1 nitrogen and oxygen atoms in total. The van der Waals surface area contributed by atoms with Gasteiger partial charge >= 0.3 is 0 Å². The van der Waals surface area contributed by atoms with Crippen molar-refractivity contribution in [1.29, 1.82) is 0 Å². The molecule has 0 aromatic heterocycles. The zero-order valence-corrected chi connectivity index (χ0v) is 10.7. The van der Waals surface area contributed by atoms with Crippen molar-refractivity contribution in [2.45, 2.75) is 26.4 Å². The molecule has 18 heavy (non-hydrogen) atoms. The summed E-state index contributed by atoms with van der Waals surface area (Å²) in [5.74, 6) is 0.631. The lowest BCUT2D eigenvalue weighted by Gasteiger charge is -2.10. The van der Waals surface area contributed by atoms with Crippen LogP contribution in [0.15, 0.2) is 48.5 Å². The van der Waals surface area contributed by atoms with E-state index in [1.165, 1.54) is 6.07 Å². The van der Waals surface area contributed by atoms with E-state index in [4.69, 9.17) is 4.74 Å². The second-order valence-electron chi connectivity index (χ2n) is 4.65. The first kappa shape index (κ1) is 12.6. The minimum atomic E-state index is -0.246. The maximum absolute atomic E-state index is 13.4. The Morgan fingerprint density at radius 2 is 1.78 bits per heavy atom. The van der Waals surface area contributed by atoms with Gasteiger partial charge in [-0.2, -0.15) is 0 Å². The van der Waals surface area contributed by atoms with E-state index in [9.17, 15) is 4.39 Å². The predicted molar refractivity (Wildman–Crippen MR) is 71.3 cm³/mol. The first-order chi connectivity index (χ1) is 8.65. The highest BCUT2D eigenvalue weighted by atomic mass is 19.1. The Hall–Kier alpha value is -1.83. The number of hydrogen-bond acceptors (Lipinski definition) is 1. The van der Waals surface area contributed by atoms with E-state index in [2.05, 4.69) is 0 Å². The van der Waals surface area contributed by atoms with Crippen LogP contribution in [0.4, 0.5) is 4.39 Å². The van der Waals surface area contributed by atoms with E-state index in [0.717, 1.165) is 11.1 Å². The monoisotopic (exact) mass is 244 g/mol. The molecule has 0 aliphatic carbocycles. The molecule has 2 heteroatoms. The topological polar surface area (TPSA) is 9.23 Å². The van der Waals surface area contributed by atoms with Gasteiger partial charge in [0.1, 0.15) is 18.2 Å². The van der Waals surface area contributed by atoms with Gasteiger partial charge in [-0.25, -0.2) is 4.39 Å². The van der Waals surface area contributed by atoms with Gasteiger partial charge < -0.3 is 4.74 Å². The van der Waals surface area contributed by atoms with Gasteiger partial charge in [0.15, 0.2) is 0 Å². The highest BCUT2D eigenvalue weighted by Crippen LogP contribution is 2.23. The summed E-state index contributed by atoms with van der Waals surface area (Å²) in [4.78, 5) is 0. The summed E-state index contributed by atoms with van der Waals surface area (Å²) in [7, 11) is 0. The van der Waals surface area contributed by atoms with E-state index < -0.39 is 0 Å². The molecular formula is C16H17FO. The highest BCUT2D eigenvalue weighted by molar-refractivity contribution is 5.31. The fourth-order valence-electron chi connectivity index (χ4n) is 1.74. The third-order valence-electron chi connectivity index (χ3n) is 2.81. The molecule has 0 bridgehead atoms. The molecule has 0 saturated carbocycles. The van der Waals surface area contributed by atoms with Gasteiger partial charge in [-0.05, 0) is 29.2 Å². The van der Waals surface area contributed by atoms with Gasteiger partial charge in [-0.15, -0.1) is 0 Å². The molecule has 0 fully saturated rings. The van der Waals surface area contributed by atoms with Gasteiger partial charge in [0.2, 0.25) is 0 Å². The van der Waals surface area contributed by atoms with E-state index in [1.54, 1.807) is 6.07 Å². The highest BCUT2D eigenvalue weighted by Gasteiger charge is 2.05. The second-order valence-corrected chi connectivity index (χ2v) is 4.65. The zero-order valence-electron chi connectivity index (χ0n) is 10.7. The van der Waals surface area contributed by atoms with Crippen LogP contribution in [0.2, 0.25) is 0 Å². The summed E-state index contributed by atoms with van der Waals surface area (Å²) in [5.41, 5.74) is 2.03. The smallest absolute Gasteiger partial charge is 0.127 e. The zero-order chi connectivity index (χ0) is 13.0. The minimum absolute atomic E-state index is 0.246. The van der Waals surface area contributed by atoms with Crippen LogP contribution in [0, 0.1) is 5.82 Å². The molecule has 0 amide bonds. The van der Waals surface area contributed by atoms with Gasteiger partial charge in [0.05, 0.1) is 0 Å². The van der Waals surface area contributed by atoms with Crippen LogP contribution < -0.4 is 4.74 Å². The van der Waals surface area contributed by atoms with Crippen LogP contribution in [-0.2, 0) is 6.61 Å². The van der Waals surface area contributed by atoms with E-state index >= 15 is 0 Å². The summed E-state index contributed by atoms with van der Waals surface area (Å²) in [5, 5.41) is 0. The van der Waals surface area contributed by atoms with Crippen molar-refractivity contribution in [2.75, 3.05) is 0 Å². The maximum Gasteiger partial charge on any atom is 0.127 e. The van der Waals surface area contributed by atoms with Crippen molar-refractivity contribution in [2.24, 2.45) is 0 Å². The molecule has 94 valence electrons. The average molecular weight is 244 g/mol. The van der Waals surface area contributed by atoms with E-state index in [1.807, 2.05) is 50.2 Å². The van der Waals surface area contributed by atoms with Crippen LogP contribution in [0.25, 0.3) is 0 Å². The van der Waals surface area contributed by atoms with Crippen molar-refractivity contribution >= 4 is 0 Å². The Morgan fingerprint density at radius 3 is 2.44 bits per heavy atom. The lowest BCUT2D eigenvalue weighted by molar-refractivity contribution is 0.304. The second kappa shape index (κ2) is 5.67. The lowest BCUT2D eigenvalue weighted by atomic mass is 10.0. The molecule has 0 unspecified atom stereocenters. The van der Waals surface area contributed by atoms with Gasteiger partial charge in [-0.1, -0.05) is 44.2 Å². The molecule has 0 atom stereocenters.